The van der Waals surface area contributed by atoms with Crippen molar-refractivity contribution in [3.8, 4) is 0 Å². The number of carboxylic acids is 2. The minimum Gasteiger partial charge on any atom is -0.481 e. The highest BCUT2D eigenvalue weighted by Gasteiger charge is 2.27. The summed E-state index contributed by atoms with van der Waals surface area (Å²) in [5, 5.41) is 21.8. The Morgan fingerprint density at radius 3 is 2.32 bits per heavy atom. The van der Waals surface area contributed by atoms with Gasteiger partial charge in [0.25, 0.3) is 0 Å². The average molecular weight is 353 g/mol. The molecule has 1 rings (SSSR count). The number of aromatic nitrogens is 2. The van der Waals surface area contributed by atoms with Gasteiger partial charge in [0, 0.05) is 19.3 Å². The van der Waals surface area contributed by atoms with Gasteiger partial charge in [0.05, 0.1) is 12.0 Å². The van der Waals surface area contributed by atoms with Gasteiger partial charge in [0.2, 0.25) is 0 Å². The summed E-state index contributed by atoms with van der Waals surface area (Å²) < 4.78 is 1.89. The van der Waals surface area contributed by atoms with Crippen LogP contribution in [0, 0.1) is 11.8 Å². The van der Waals surface area contributed by atoms with Crippen molar-refractivity contribution >= 4 is 11.9 Å². The number of hydrogen-bond acceptors (Lipinski definition) is 4. The lowest BCUT2D eigenvalue weighted by molar-refractivity contribution is -0.142. The number of hydrogen-bond donors (Lipinski definition) is 3. The summed E-state index contributed by atoms with van der Waals surface area (Å²) in [6, 6.07) is -0.753. The topological polar surface area (TPSA) is 104 Å². The number of aliphatic carboxylic acids is 2. The zero-order valence-corrected chi connectivity index (χ0v) is 15.6. The molecule has 0 amide bonds. The second-order valence-corrected chi connectivity index (χ2v) is 6.97. The Labute approximate surface area is 149 Å². The van der Waals surface area contributed by atoms with Crippen molar-refractivity contribution < 1.29 is 19.8 Å². The number of nitrogens with one attached hydrogen (secondary N) is 1. The van der Waals surface area contributed by atoms with Gasteiger partial charge < -0.3 is 20.1 Å². The summed E-state index contributed by atoms with van der Waals surface area (Å²) in [4.78, 5) is 27.2. The molecule has 0 aliphatic rings. The SMILES string of the molecule is CCC(CC)Cn1cncc1C(CNC(CC(C)C)C(=O)O)C(=O)O. The van der Waals surface area contributed by atoms with E-state index in [4.69, 9.17) is 0 Å². The van der Waals surface area contributed by atoms with Crippen molar-refractivity contribution in [3.63, 3.8) is 0 Å². The first-order valence-corrected chi connectivity index (χ1v) is 8.99. The van der Waals surface area contributed by atoms with E-state index in [1.807, 2.05) is 18.4 Å². The van der Waals surface area contributed by atoms with Crippen molar-refractivity contribution in [1.29, 1.82) is 0 Å². The van der Waals surface area contributed by atoms with E-state index in [-0.39, 0.29) is 12.5 Å². The summed E-state index contributed by atoms with van der Waals surface area (Å²) >= 11 is 0. The van der Waals surface area contributed by atoms with Crippen LogP contribution in [0.25, 0.3) is 0 Å². The van der Waals surface area contributed by atoms with Crippen LogP contribution in [0.3, 0.4) is 0 Å². The predicted octanol–water partition coefficient (Wildman–Crippen LogP) is 2.58. The molecule has 0 aliphatic heterocycles. The molecular formula is C18H31N3O4. The van der Waals surface area contributed by atoms with Crippen LogP contribution < -0.4 is 5.32 Å². The number of carboxylic acid groups (broad SMARTS) is 2. The van der Waals surface area contributed by atoms with E-state index >= 15 is 0 Å². The number of nitrogens with zero attached hydrogens (tertiary/aromatic N) is 2. The zero-order chi connectivity index (χ0) is 19.0. The second kappa shape index (κ2) is 10.2. The first-order valence-electron chi connectivity index (χ1n) is 8.99. The first-order chi connectivity index (χ1) is 11.8. The fraction of sp³-hybridized carbons (Fsp3) is 0.722. The van der Waals surface area contributed by atoms with Gasteiger partial charge in [0.1, 0.15) is 12.0 Å². The van der Waals surface area contributed by atoms with Crippen LogP contribution in [0.4, 0.5) is 0 Å². The van der Waals surface area contributed by atoms with Gasteiger partial charge in [-0.3, -0.25) is 9.59 Å². The normalized spacial score (nSPS) is 14.0. The molecule has 0 saturated carbocycles. The molecule has 0 fully saturated rings. The third-order valence-corrected chi connectivity index (χ3v) is 4.58. The maximum atomic E-state index is 11.8. The van der Waals surface area contributed by atoms with Gasteiger partial charge in [-0.05, 0) is 18.3 Å². The van der Waals surface area contributed by atoms with Gasteiger partial charge in [-0.25, -0.2) is 4.98 Å². The summed E-state index contributed by atoms with van der Waals surface area (Å²) in [6.45, 7) is 8.90. The molecule has 25 heavy (non-hydrogen) atoms. The quantitative estimate of drug-likeness (QED) is 0.533. The van der Waals surface area contributed by atoms with Crippen LogP contribution in [0.5, 0.6) is 0 Å². The minimum atomic E-state index is -0.979. The van der Waals surface area contributed by atoms with E-state index in [0.717, 1.165) is 19.4 Å². The van der Waals surface area contributed by atoms with Crippen LogP contribution in [-0.4, -0.2) is 44.3 Å². The summed E-state index contributed by atoms with van der Waals surface area (Å²) in [7, 11) is 0. The highest BCUT2D eigenvalue weighted by Crippen LogP contribution is 2.19. The van der Waals surface area contributed by atoms with E-state index in [1.54, 1.807) is 12.5 Å². The number of rotatable bonds is 12. The number of carbonyl (C=O) groups is 2. The van der Waals surface area contributed by atoms with E-state index in [9.17, 15) is 19.8 Å². The smallest absolute Gasteiger partial charge is 0.320 e. The molecule has 0 spiro atoms. The Balaban J connectivity index is 2.89. The molecule has 0 aromatic carbocycles. The molecule has 7 nitrogen and oxygen atoms in total. The third kappa shape index (κ3) is 6.49. The molecule has 1 aromatic rings. The maximum absolute atomic E-state index is 11.8. The molecular weight excluding hydrogens is 322 g/mol. The maximum Gasteiger partial charge on any atom is 0.320 e. The van der Waals surface area contributed by atoms with E-state index in [0.29, 0.717) is 18.0 Å². The Hall–Kier alpha value is -1.89. The van der Waals surface area contributed by atoms with Crippen LogP contribution in [-0.2, 0) is 16.1 Å². The highest BCUT2D eigenvalue weighted by atomic mass is 16.4. The lowest BCUT2D eigenvalue weighted by Crippen LogP contribution is -2.41. The monoisotopic (exact) mass is 353 g/mol. The lowest BCUT2D eigenvalue weighted by atomic mass is 10.0. The number of imidazole rings is 1. The average Bonchev–Trinajstić information content (AvgIpc) is 2.98. The van der Waals surface area contributed by atoms with Crippen molar-refractivity contribution in [1.82, 2.24) is 14.9 Å². The van der Waals surface area contributed by atoms with Crippen LogP contribution in [0.1, 0.15) is 58.6 Å². The lowest BCUT2D eigenvalue weighted by Gasteiger charge is -2.22. The molecule has 3 N–H and O–H groups in total. The molecule has 1 aromatic heterocycles. The van der Waals surface area contributed by atoms with E-state index in [2.05, 4.69) is 24.1 Å². The van der Waals surface area contributed by atoms with Gasteiger partial charge >= 0.3 is 11.9 Å². The van der Waals surface area contributed by atoms with Gasteiger partial charge in [-0.1, -0.05) is 40.5 Å². The van der Waals surface area contributed by atoms with Crippen LogP contribution in [0.15, 0.2) is 12.5 Å². The second-order valence-electron chi connectivity index (χ2n) is 6.97. The molecule has 0 saturated heterocycles. The van der Waals surface area contributed by atoms with Crippen molar-refractivity contribution in [3.05, 3.63) is 18.2 Å². The summed E-state index contributed by atoms with van der Waals surface area (Å²) in [5.74, 6) is -2.10. The van der Waals surface area contributed by atoms with Crippen molar-refractivity contribution in [2.45, 2.75) is 65.5 Å². The van der Waals surface area contributed by atoms with Crippen molar-refractivity contribution in [2.75, 3.05) is 6.54 Å². The minimum absolute atomic E-state index is 0.0631. The molecule has 142 valence electrons. The highest BCUT2D eigenvalue weighted by molar-refractivity contribution is 5.76. The van der Waals surface area contributed by atoms with Crippen LogP contribution in [0.2, 0.25) is 0 Å². The predicted molar refractivity (Wildman–Crippen MR) is 95.6 cm³/mol. The summed E-state index contributed by atoms with van der Waals surface area (Å²) in [6.07, 6.45) is 5.71. The first kappa shape index (κ1) is 21.2. The fourth-order valence-electron chi connectivity index (χ4n) is 2.92. The molecule has 2 unspecified atom stereocenters. The zero-order valence-electron chi connectivity index (χ0n) is 15.6. The Morgan fingerprint density at radius 2 is 1.84 bits per heavy atom. The molecule has 0 aliphatic carbocycles. The Bertz CT molecular complexity index is 552. The Morgan fingerprint density at radius 1 is 1.20 bits per heavy atom. The van der Waals surface area contributed by atoms with Gasteiger partial charge in [-0.2, -0.15) is 0 Å². The molecule has 0 bridgehead atoms. The molecule has 0 radical (unpaired) electrons. The van der Waals surface area contributed by atoms with E-state index < -0.39 is 23.9 Å². The van der Waals surface area contributed by atoms with E-state index in [1.165, 1.54) is 0 Å². The molecule has 2 atom stereocenters. The largest absolute Gasteiger partial charge is 0.481 e. The van der Waals surface area contributed by atoms with Gasteiger partial charge in [-0.15, -0.1) is 0 Å². The third-order valence-electron chi connectivity index (χ3n) is 4.58. The fourth-order valence-corrected chi connectivity index (χ4v) is 2.92. The molecule has 1 heterocycles. The van der Waals surface area contributed by atoms with Crippen LogP contribution >= 0.6 is 0 Å². The standard InChI is InChI=1S/C18H31N3O4/c1-5-13(6-2)10-21-11-19-9-16(21)14(17(22)23)8-20-15(18(24)25)7-12(3)4/h9,11-15,20H,5-8,10H2,1-4H3,(H,22,23)(H,24,25). The van der Waals surface area contributed by atoms with Crippen molar-refractivity contribution in [2.24, 2.45) is 11.8 Å². The summed E-state index contributed by atoms with van der Waals surface area (Å²) in [5.41, 5.74) is 0.612. The Kier molecular flexibility index (Phi) is 8.61. The van der Waals surface area contributed by atoms with Gasteiger partial charge in [0.15, 0.2) is 0 Å². The molecule has 7 heteroatoms.